The van der Waals surface area contributed by atoms with Crippen LogP contribution in [0.15, 0.2) is 52.0 Å². The van der Waals surface area contributed by atoms with E-state index in [1.165, 1.54) is 36.0 Å². The summed E-state index contributed by atoms with van der Waals surface area (Å²) >= 11 is 1.31. The highest BCUT2D eigenvalue weighted by Crippen LogP contribution is 2.46. The monoisotopic (exact) mass is 583 g/mol. The van der Waals surface area contributed by atoms with Crippen molar-refractivity contribution in [3.8, 4) is 11.3 Å². The summed E-state index contributed by atoms with van der Waals surface area (Å²) in [5.41, 5.74) is 0.893. The lowest BCUT2D eigenvalue weighted by atomic mass is 9.81. The zero-order valence-corrected chi connectivity index (χ0v) is 22.9. The molecule has 1 unspecified atom stereocenters. The zero-order valence-electron chi connectivity index (χ0n) is 22.1. The Balaban J connectivity index is 1.21. The molecule has 0 amide bonds. The molecule has 0 spiro atoms. The summed E-state index contributed by atoms with van der Waals surface area (Å²) in [7, 11) is 0. The molecule has 7 nitrogen and oxygen atoms in total. The Morgan fingerprint density at radius 3 is 2.71 bits per heavy atom. The summed E-state index contributed by atoms with van der Waals surface area (Å²) in [4.78, 5) is 20.3. The largest absolute Gasteiger partial charge is 0.478 e. The predicted octanol–water partition coefficient (Wildman–Crippen LogP) is 8.41. The highest BCUT2D eigenvalue weighted by atomic mass is 32.1. The van der Waals surface area contributed by atoms with E-state index in [2.05, 4.69) is 15.1 Å². The van der Waals surface area contributed by atoms with E-state index in [-0.39, 0.29) is 35.4 Å². The number of alkyl halides is 3. The van der Waals surface area contributed by atoms with Crippen molar-refractivity contribution in [2.24, 2.45) is 10.9 Å². The van der Waals surface area contributed by atoms with Crippen LogP contribution in [-0.2, 0) is 17.5 Å². The van der Waals surface area contributed by atoms with Gasteiger partial charge in [-0.1, -0.05) is 54.0 Å². The van der Waals surface area contributed by atoms with E-state index in [1.54, 1.807) is 24.4 Å². The second kappa shape index (κ2) is 11.4. The van der Waals surface area contributed by atoms with Crippen molar-refractivity contribution in [1.82, 2.24) is 10.1 Å². The number of aromatic carboxylic acids is 1. The number of carbonyl (C=O) groups is 1. The van der Waals surface area contributed by atoms with Gasteiger partial charge < -0.3 is 14.4 Å². The van der Waals surface area contributed by atoms with E-state index in [0.29, 0.717) is 34.3 Å². The summed E-state index contributed by atoms with van der Waals surface area (Å²) in [6, 6.07) is 10.2. The Labute approximate surface area is 238 Å². The maximum Gasteiger partial charge on any atom is 0.417 e. The minimum Gasteiger partial charge on any atom is -0.478 e. The van der Waals surface area contributed by atoms with Crippen molar-refractivity contribution in [3.63, 3.8) is 0 Å². The molecule has 2 fully saturated rings. The molecule has 0 aliphatic heterocycles. The van der Waals surface area contributed by atoms with Gasteiger partial charge in [0.2, 0.25) is 5.13 Å². The van der Waals surface area contributed by atoms with Crippen LogP contribution in [0.5, 0.6) is 0 Å². The number of nitrogens with zero attached hydrogens (tertiary/aromatic N) is 3. The number of hydrogen-bond donors (Lipinski definition) is 1. The van der Waals surface area contributed by atoms with Gasteiger partial charge in [-0.3, -0.25) is 0 Å². The lowest BCUT2D eigenvalue weighted by Crippen LogP contribution is -2.22. The normalized spacial score (nSPS) is 16.9. The average Bonchev–Trinajstić information content (AvgIpc) is 3.54. The summed E-state index contributed by atoms with van der Waals surface area (Å²) in [5, 5.41) is 13.9. The topological polar surface area (TPSA) is 97.8 Å². The number of carboxylic acids is 1. The number of aliphatic imine (C=N–C) groups is 1. The maximum absolute atomic E-state index is 13.8. The van der Waals surface area contributed by atoms with Gasteiger partial charge >= 0.3 is 12.1 Å². The molecule has 1 atom stereocenters. The zero-order chi connectivity index (χ0) is 28.6. The Kier molecular flexibility index (Phi) is 7.65. The molecule has 0 bridgehead atoms. The smallest absolute Gasteiger partial charge is 0.417 e. The molecule has 11 heteroatoms. The first kappa shape index (κ1) is 27.6. The Morgan fingerprint density at radius 1 is 1.20 bits per heavy atom. The van der Waals surface area contributed by atoms with Gasteiger partial charge in [0.25, 0.3) is 0 Å². The lowest BCUT2D eigenvalue weighted by molar-refractivity contribution is -0.137. The molecule has 2 aromatic carbocycles. The van der Waals surface area contributed by atoms with Crippen molar-refractivity contribution < 1.29 is 32.3 Å². The van der Waals surface area contributed by atoms with Gasteiger partial charge in [-0.05, 0) is 49.4 Å². The number of fused-ring (bicyclic) bond motifs is 1. The number of hydrogen-bond acceptors (Lipinski definition) is 7. The van der Waals surface area contributed by atoms with E-state index < -0.39 is 17.7 Å². The third kappa shape index (κ3) is 6.20. The van der Waals surface area contributed by atoms with Crippen LogP contribution < -0.4 is 0 Å². The number of thiazole rings is 1. The van der Waals surface area contributed by atoms with E-state index in [4.69, 9.17) is 9.26 Å². The van der Waals surface area contributed by atoms with Crippen molar-refractivity contribution in [2.75, 3.05) is 0 Å². The van der Waals surface area contributed by atoms with Crippen LogP contribution in [-0.4, -0.2) is 33.5 Å². The molecule has 2 heterocycles. The number of carboxylic acid groups (broad SMARTS) is 1. The Bertz CT molecular complexity index is 1590. The molecule has 2 aliphatic carbocycles. The van der Waals surface area contributed by atoms with Gasteiger partial charge in [0.05, 0.1) is 34.1 Å². The van der Waals surface area contributed by atoms with Crippen molar-refractivity contribution in [3.05, 3.63) is 64.9 Å². The van der Waals surface area contributed by atoms with Crippen LogP contribution >= 0.6 is 11.3 Å². The standard InChI is InChI=1S/C30H28F3N3O4S/c31-30(32,33)23-7-2-1-6-21(23)26-22(27(40-36-26)18-8-9-18)16-39-20(14-17-4-3-5-17)12-13-34-29-35-24-11-10-19(28(37)38)15-25(24)41-29/h1-2,6-7,10-11,13,15,17-18,20H,3-5,8-9,12,14,16H2,(H,37,38)/b34-13+. The van der Waals surface area contributed by atoms with Crippen LogP contribution in [0, 0.1) is 5.92 Å². The molecule has 2 saturated carbocycles. The molecule has 2 aromatic heterocycles. The molecular formula is C30H28F3N3O4S. The fourth-order valence-electron chi connectivity index (χ4n) is 5.16. The molecule has 2 aliphatic rings. The fourth-order valence-corrected chi connectivity index (χ4v) is 6.03. The number of aromatic nitrogens is 2. The van der Waals surface area contributed by atoms with Crippen molar-refractivity contribution in [2.45, 2.75) is 69.8 Å². The second-order valence-electron chi connectivity index (χ2n) is 10.7. The number of halogens is 3. The minimum atomic E-state index is -4.52. The molecule has 4 aromatic rings. The van der Waals surface area contributed by atoms with Crippen LogP contribution in [0.1, 0.15) is 78.1 Å². The van der Waals surface area contributed by atoms with Crippen LogP contribution in [0.3, 0.4) is 0 Å². The van der Waals surface area contributed by atoms with E-state index >= 15 is 0 Å². The number of ether oxygens (including phenoxy) is 1. The van der Waals surface area contributed by atoms with Crippen molar-refractivity contribution in [1.29, 1.82) is 0 Å². The molecule has 1 N–H and O–H groups in total. The fraction of sp³-hybridized carbons (Fsp3) is 0.400. The van der Waals surface area contributed by atoms with Gasteiger partial charge in [-0.25, -0.2) is 14.8 Å². The quantitative estimate of drug-likeness (QED) is 0.178. The first-order valence-electron chi connectivity index (χ1n) is 13.7. The van der Waals surface area contributed by atoms with Gasteiger partial charge in [0.15, 0.2) is 0 Å². The van der Waals surface area contributed by atoms with Crippen molar-refractivity contribution >= 4 is 38.9 Å². The maximum atomic E-state index is 13.8. The van der Waals surface area contributed by atoms with E-state index in [1.807, 2.05) is 0 Å². The predicted molar refractivity (Wildman–Crippen MR) is 149 cm³/mol. The molecule has 0 saturated heterocycles. The third-order valence-electron chi connectivity index (χ3n) is 7.73. The van der Waals surface area contributed by atoms with Crippen LogP contribution in [0.25, 0.3) is 21.5 Å². The summed E-state index contributed by atoms with van der Waals surface area (Å²) in [5.74, 6) is 0.314. The molecule has 214 valence electrons. The highest BCUT2D eigenvalue weighted by molar-refractivity contribution is 7.22. The van der Waals surface area contributed by atoms with Crippen LogP contribution in [0.4, 0.5) is 18.3 Å². The summed E-state index contributed by atoms with van der Waals surface area (Å²) < 4.78 is 54.2. The third-order valence-corrected chi connectivity index (χ3v) is 8.66. The van der Waals surface area contributed by atoms with Gasteiger partial charge in [0, 0.05) is 29.7 Å². The minimum absolute atomic E-state index is 0.00625. The first-order valence-corrected chi connectivity index (χ1v) is 14.5. The number of rotatable bonds is 11. The molecule has 41 heavy (non-hydrogen) atoms. The highest BCUT2D eigenvalue weighted by Gasteiger charge is 2.37. The Morgan fingerprint density at radius 2 is 2.00 bits per heavy atom. The van der Waals surface area contributed by atoms with E-state index in [9.17, 15) is 23.1 Å². The van der Waals surface area contributed by atoms with Crippen LogP contribution in [0.2, 0.25) is 0 Å². The molecule has 6 rings (SSSR count). The second-order valence-corrected chi connectivity index (χ2v) is 11.7. The average molecular weight is 584 g/mol. The lowest BCUT2D eigenvalue weighted by Gasteiger charge is -2.29. The van der Waals surface area contributed by atoms with Gasteiger partial charge in [-0.15, -0.1) is 0 Å². The Hall–Kier alpha value is -3.57. The molecular weight excluding hydrogens is 555 g/mol. The first-order chi connectivity index (χ1) is 19.8. The molecule has 0 radical (unpaired) electrons. The van der Waals surface area contributed by atoms with Gasteiger partial charge in [0.1, 0.15) is 11.5 Å². The van der Waals surface area contributed by atoms with Gasteiger partial charge in [-0.2, -0.15) is 13.2 Å². The number of benzene rings is 2. The SMILES string of the molecule is O=C(O)c1ccc2nc(/N=C/CC(CC3CCC3)OCc3c(-c4ccccc4C(F)(F)F)noc3C3CC3)sc2c1. The van der Waals surface area contributed by atoms with E-state index in [0.717, 1.165) is 42.9 Å². The summed E-state index contributed by atoms with van der Waals surface area (Å²) in [6.45, 7) is 0.0984. The summed E-state index contributed by atoms with van der Waals surface area (Å²) in [6.07, 6.45) is 3.65.